The van der Waals surface area contributed by atoms with Crippen LogP contribution in [0.15, 0.2) is 35.0 Å². The Morgan fingerprint density at radius 1 is 1.06 bits per heavy atom. The van der Waals surface area contributed by atoms with Gasteiger partial charge in [-0.15, -0.1) is 0 Å². The standard InChI is InChI=1S/C22H28N6O3/c1-23-16-5-7-17(8-6-16)30-18-4-2-3-15-13-24-21(27-20(15)18)26-19-14-25-22(31-19)28-9-11-29-12-10-28/h2-4,13-14,16-17,23H,5-12H2,1H3,(H,24,26,27). The first-order chi connectivity index (χ1) is 15.3. The van der Waals surface area contributed by atoms with E-state index < -0.39 is 0 Å². The van der Waals surface area contributed by atoms with E-state index in [0.717, 1.165) is 55.4 Å². The van der Waals surface area contributed by atoms with Gasteiger partial charge in [0, 0.05) is 30.7 Å². The van der Waals surface area contributed by atoms with Crippen molar-refractivity contribution in [3.8, 4) is 5.75 Å². The highest BCUT2D eigenvalue weighted by Crippen LogP contribution is 2.30. The molecule has 3 heterocycles. The molecule has 3 aromatic rings. The topological polar surface area (TPSA) is 97.6 Å². The Morgan fingerprint density at radius 3 is 2.71 bits per heavy atom. The number of aromatic nitrogens is 3. The molecule has 0 bridgehead atoms. The van der Waals surface area contributed by atoms with Gasteiger partial charge < -0.3 is 24.1 Å². The normalized spacial score (nSPS) is 21.9. The molecule has 164 valence electrons. The molecule has 2 N–H and O–H groups in total. The van der Waals surface area contributed by atoms with Gasteiger partial charge in [-0.3, -0.25) is 5.32 Å². The third-order valence-electron chi connectivity index (χ3n) is 5.96. The Labute approximate surface area is 181 Å². The summed E-state index contributed by atoms with van der Waals surface area (Å²) < 4.78 is 17.6. The third kappa shape index (κ3) is 4.57. The van der Waals surface area contributed by atoms with Crippen molar-refractivity contribution >= 4 is 28.8 Å². The molecule has 2 fully saturated rings. The van der Waals surface area contributed by atoms with Crippen LogP contribution in [-0.4, -0.2) is 60.4 Å². The number of nitrogens with zero attached hydrogens (tertiary/aromatic N) is 4. The van der Waals surface area contributed by atoms with Crippen LogP contribution in [0.4, 0.5) is 17.8 Å². The van der Waals surface area contributed by atoms with E-state index in [9.17, 15) is 0 Å². The summed E-state index contributed by atoms with van der Waals surface area (Å²) in [6.07, 6.45) is 8.01. The zero-order valence-electron chi connectivity index (χ0n) is 17.7. The summed E-state index contributed by atoms with van der Waals surface area (Å²) in [4.78, 5) is 15.6. The van der Waals surface area contributed by atoms with E-state index in [-0.39, 0.29) is 6.10 Å². The second kappa shape index (κ2) is 9.07. The molecule has 2 aliphatic rings. The Balaban J connectivity index is 1.31. The van der Waals surface area contributed by atoms with Crippen LogP contribution < -0.4 is 20.3 Å². The van der Waals surface area contributed by atoms with Crippen LogP contribution >= 0.6 is 0 Å². The molecular weight excluding hydrogens is 396 g/mol. The summed E-state index contributed by atoms with van der Waals surface area (Å²) in [5.74, 6) is 1.75. The molecule has 1 aliphatic heterocycles. The molecule has 0 unspecified atom stereocenters. The van der Waals surface area contributed by atoms with Gasteiger partial charge in [0.15, 0.2) is 0 Å². The molecule has 31 heavy (non-hydrogen) atoms. The third-order valence-corrected chi connectivity index (χ3v) is 5.96. The molecule has 0 radical (unpaired) electrons. The lowest BCUT2D eigenvalue weighted by Crippen LogP contribution is -2.36. The quantitative estimate of drug-likeness (QED) is 0.618. The monoisotopic (exact) mass is 424 g/mol. The van der Waals surface area contributed by atoms with E-state index in [1.807, 2.05) is 25.2 Å². The lowest BCUT2D eigenvalue weighted by atomic mass is 9.93. The number of anilines is 3. The van der Waals surface area contributed by atoms with Crippen molar-refractivity contribution < 1.29 is 13.9 Å². The zero-order chi connectivity index (χ0) is 21.0. The van der Waals surface area contributed by atoms with Crippen LogP contribution in [0.3, 0.4) is 0 Å². The Morgan fingerprint density at radius 2 is 1.90 bits per heavy atom. The largest absolute Gasteiger partial charge is 0.488 e. The van der Waals surface area contributed by atoms with Crippen LogP contribution in [0.1, 0.15) is 25.7 Å². The predicted molar refractivity (Wildman–Crippen MR) is 118 cm³/mol. The number of rotatable bonds is 6. The van der Waals surface area contributed by atoms with E-state index in [0.29, 0.717) is 37.1 Å². The van der Waals surface area contributed by atoms with Crippen molar-refractivity contribution in [2.24, 2.45) is 0 Å². The van der Waals surface area contributed by atoms with Gasteiger partial charge in [0.2, 0.25) is 11.8 Å². The number of benzene rings is 1. The summed E-state index contributed by atoms with van der Waals surface area (Å²) in [6, 6.07) is 7.13. The highest BCUT2D eigenvalue weighted by molar-refractivity contribution is 5.84. The Hall–Kier alpha value is -2.91. The number of nitrogens with one attached hydrogen (secondary N) is 2. The van der Waals surface area contributed by atoms with Crippen molar-refractivity contribution in [2.75, 3.05) is 43.6 Å². The van der Waals surface area contributed by atoms with E-state index in [2.05, 4.69) is 25.5 Å². The second-order valence-electron chi connectivity index (χ2n) is 8.00. The molecule has 1 saturated heterocycles. The first-order valence-electron chi connectivity index (χ1n) is 10.9. The summed E-state index contributed by atoms with van der Waals surface area (Å²) in [5, 5.41) is 7.43. The Kier molecular flexibility index (Phi) is 5.86. The van der Waals surface area contributed by atoms with Crippen LogP contribution in [0.25, 0.3) is 10.9 Å². The fourth-order valence-electron chi connectivity index (χ4n) is 4.17. The maximum atomic E-state index is 6.35. The van der Waals surface area contributed by atoms with Crippen molar-refractivity contribution in [1.82, 2.24) is 20.3 Å². The molecule has 1 saturated carbocycles. The first kappa shape index (κ1) is 20.0. The average molecular weight is 425 g/mol. The van der Waals surface area contributed by atoms with E-state index in [1.165, 1.54) is 0 Å². The fraction of sp³-hybridized carbons (Fsp3) is 0.500. The van der Waals surface area contributed by atoms with Gasteiger partial charge in [0.25, 0.3) is 6.01 Å². The van der Waals surface area contributed by atoms with Crippen molar-refractivity contribution in [1.29, 1.82) is 0 Å². The van der Waals surface area contributed by atoms with E-state index in [4.69, 9.17) is 18.9 Å². The molecule has 0 atom stereocenters. The van der Waals surface area contributed by atoms with Crippen molar-refractivity contribution in [3.63, 3.8) is 0 Å². The number of para-hydroxylation sites is 1. The van der Waals surface area contributed by atoms with Gasteiger partial charge >= 0.3 is 0 Å². The number of hydrogen-bond acceptors (Lipinski definition) is 9. The summed E-state index contributed by atoms with van der Waals surface area (Å²) in [6.45, 7) is 2.89. The molecular formula is C22H28N6O3. The molecule has 0 amide bonds. The number of ether oxygens (including phenoxy) is 2. The van der Waals surface area contributed by atoms with Crippen molar-refractivity contribution in [2.45, 2.75) is 37.8 Å². The number of morpholine rings is 1. The van der Waals surface area contributed by atoms with Crippen LogP contribution in [0.2, 0.25) is 0 Å². The van der Waals surface area contributed by atoms with Crippen LogP contribution in [0, 0.1) is 0 Å². The highest BCUT2D eigenvalue weighted by Gasteiger charge is 2.22. The Bertz CT molecular complexity index is 1010. The molecule has 2 aromatic heterocycles. The van der Waals surface area contributed by atoms with Crippen molar-refractivity contribution in [3.05, 3.63) is 30.6 Å². The van der Waals surface area contributed by atoms with Gasteiger partial charge in [-0.1, -0.05) is 12.1 Å². The minimum atomic E-state index is 0.215. The lowest BCUT2D eigenvalue weighted by Gasteiger charge is -2.28. The summed E-state index contributed by atoms with van der Waals surface area (Å²) in [7, 11) is 2.03. The SMILES string of the molecule is CNC1CCC(Oc2cccc3cnc(Nc4cnc(N5CCOCC5)o4)nc23)CC1. The molecule has 5 rings (SSSR count). The summed E-state index contributed by atoms with van der Waals surface area (Å²) in [5.41, 5.74) is 0.795. The summed E-state index contributed by atoms with van der Waals surface area (Å²) >= 11 is 0. The smallest absolute Gasteiger partial charge is 0.299 e. The molecule has 9 heteroatoms. The van der Waals surface area contributed by atoms with E-state index >= 15 is 0 Å². The molecule has 9 nitrogen and oxygen atoms in total. The number of fused-ring (bicyclic) bond motifs is 1. The van der Waals surface area contributed by atoms with Gasteiger partial charge in [-0.05, 0) is 38.8 Å². The van der Waals surface area contributed by atoms with Gasteiger partial charge in [-0.25, -0.2) is 9.97 Å². The maximum absolute atomic E-state index is 6.35. The van der Waals surface area contributed by atoms with Crippen LogP contribution in [-0.2, 0) is 4.74 Å². The van der Waals surface area contributed by atoms with E-state index in [1.54, 1.807) is 12.4 Å². The highest BCUT2D eigenvalue weighted by atomic mass is 16.5. The molecule has 1 aliphatic carbocycles. The second-order valence-corrected chi connectivity index (χ2v) is 8.00. The number of hydrogen-bond donors (Lipinski definition) is 2. The minimum absolute atomic E-state index is 0.215. The first-order valence-corrected chi connectivity index (χ1v) is 10.9. The minimum Gasteiger partial charge on any atom is -0.488 e. The molecule has 1 aromatic carbocycles. The zero-order valence-corrected chi connectivity index (χ0v) is 17.7. The predicted octanol–water partition coefficient (Wildman–Crippen LogP) is 3.11. The number of oxazole rings is 1. The maximum Gasteiger partial charge on any atom is 0.299 e. The van der Waals surface area contributed by atoms with Crippen LogP contribution in [0.5, 0.6) is 5.75 Å². The lowest BCUT2D eigenvalue weighted by molar-refractivity contribution is 0.120. The van der Waals surface area contributed by atoms with Gasteiger partial charge in [0.05, 0.1) is 25.5 Å². The van der Waals surface area contributed by atoms with Gasteiger partial charge in [-0.2, -0.15) is 4.98 Å². The molecule has 0 spiro atoms. The fourth-order valence-corrected chi connectivity index (χ4v) is 4.17. The average Bonchev–Trinajstić information content (AvgIpc) is 3.29. The van der Waals surface area contributed by atoms with Gasteiger partial charge in [0.1, 0.15) is 11.3 Å².